The Labute approximate surface area is 132 Å². The summed E-state index contributed by atoms with van der Waals surface area (Å²) in [6.45, 7) is 4.01. The number of hydrogen-bond donors (Lipinski definition) is 1. The molecule has 0 aliphatic carbocycles. The van der Waals surface area contributed by atoms with E-state index in [4.69, 9.17) is 28.0 Å². The van der Waals surface area contributed by atoms with Crippen molar-refractivity contribution in [2.45, 2.75) is 20.3 Å². The van der Waals surface area contributed by atoms with Gasteiger partial charge in [0.05, 0.1) is 16.7 Å². The molecule has 1 amide bonds. The molecule has 21 heavy (non-hydrogen) atoms. The summed E-state index contributed by atoms with van der Waals surface area (Å²) < 4.78 is 1.48. The van der Waals surface area contributed by atoms with Crippen LogP contribution in [0.5, 0.6) is 0 Å². The summed E-state index contributed by atoms with van der Waals surface area (Å²) in [7, 11) is 0. The van der Waals surface area contributed by atoms with Gasteiger partial charge >= 0.3 is 5.91 Å². The minimum Gasteiger partial charge on any atom is -0.274 e. The maximum absolute atomic E-state index is 11.8. The topological polar surface area (TPSA) is 69.0 Å². The Kier molecular flexibility index (Phi) is 5.17. The average molecular weight is 329 g/mol. The van der Waals surface area contributed by atoms with Gasteiger partial charge in [-0.15, -0.1) is 5.10 Å². The third kappa shape index (κ3) is 3.34. The van der Waals surface area contributed by atoms with Crippen LogP contribution < -0.4 is 5.48 Å². The Hall–Kier alpha value is -1.63. The van der Waals surface area contributed by atoms with Gasteiger partial charge in [0.1, 0.15) is 11.5 Å². The van der Waals surface area contributed by atoms with Crippen LogP contribution in [0, 0.1) is 0 Å². The van der Waals surface area contributed by atoms with Crippen LogP contribution >= 0.6 is 23.2 Å². The Morgan fingerprint density at radius 1 is 1.33 bits per heavy atom. The first-order valence-electron chi connectivity index (χ1n) is 6.40. The summed E-state index contributed by atoms with van der Waals surface area (Å²) in [5.74, 6) is 0.0522. The number of hydrogen-bond acceptors (Lipinski definition) is 4. The monoisotopic (exact) mass is 328 g/mol. The van der Waals surface area contributed by atoms with Crippen molar-refractivity contribution in [3.05, 3.63) is 39.9 Å². The molecule has 6 nitrogen and oxygen atoms in total. The van der Waals surface area contributed by atoms with Crippen molar-refractivity contribution in [3.8, 4) is 5.69 Å². The highest BCUT2D eigenvalue weighted by atomic mass is 35.5. The molecule has 0 bridgehead atoms. The van der Waals surface area contributed by atoms with Crippen molar-refractivity contribution < 1.29 is 9.63 Å². The van der Waals surface area contributed by atoms with Gasteiger partial charge in [0, 0.05) is 6.42 Å². The lowest BCUT2D eigenvalue weighted by molar-refractivity contribution is 0.0355. The van der Waals surface area contributed by atoms with Crippen molar-refractivity contribution in [2.75, 3.05) is 6.61 Å². The molecule has 8 heteroatoms. The molecule has 0 spiro atoms. The highest BCUT2D eigenvalue weighted by Crippen LogP contribution is 2.28. The zero-order valence-corrected chi connectivity index (χ0v) is 13.1. The summed E-state index contributed by atoms with van der Waals surface area (Å²) in [6.07, 6.45) is 0.566. The maximum Gasteiger partial charge on any atom is 0.314 e. The van der Waals surface area contributed by atoms with E-state index in [1.54, 1.807) is 25.1 Å². The van der Waals surface area contributed by atoms with E-state index >= 15 is 0 Å². The third-order valence-corrected chi connectivity index (χ3v) is 3.26. The molecule has 1 aromatic heterocycles. The number of para-hydroxylation sites is 1. The Morgan fingerprint density at radius 3 is 2.57 bits per heavy atom. The van der Waals surface area contributed by atoms with Crippen molar-refractivity contribution in [1.29, 1.82) is 0 Å². The van der Waals surface area contributed by atoms with Crippen LogP contribution in [-0.2, 0) is 11.3 Å². The number of carbonyl (C=O) groups excluding carboxylic acids is 1. The first kappa shape index (κ1) is 15.8. The Morgan fingerprint density at radius 2 is 2.00 bits per heavy atom. The number of nitrogens with zero attached hydrogens (tertiary/aromatic N) is 3. The third-order valence-electron chi connectivity index (χ3n) is 2.65. The van der Waals surface area contributed by atoms with Gasteiger partial charge in [-0.2, -0.15) is 0 Å². The molecule has 1 N–H and O–H groups in total. The summed E-state index contributed by atoms with van der Waals surface area (Å²) >= 11 is 12.3. The number of benzene rings is 1. The average Bonchev–Trinajstić information content (AvgIpc) is 2.88. The van der Waals surface area contributed by atoms with Crippen LogP contribution in [0.4, 0.5) is 0 Å². The molecule has 0 atom stereocenters. The lowest BCUT2D eigenvalue weighted by atomic mass is 10.3. The number of carbonyl (C=O) groups is 1. The second kappa shape index (κ2) is 6.89. The van der Waals surface area contributed by atoms with E-state index < -0.39 is 5.91 Å². The van der Waals surface area contributed by atoms with Crippen molar-refractivity contribution in [1.82, 2.24) is 20.2 Å². The van der Waals surface area contributed by atoms with Crippen LogP contribution in [0.2, 0.25) is 10.0 Å². The lowest BCUT2D eigenvalue weighted by Crippen LogP contribution is -2.24. The molecule has 0 aliphatic heterocycles. The Balaban J connectivity index is 2.45. The quantitative estimate of drug-likeness (QED) is 0.857. The number of nitrogens with one attached hydrogen (secondary N) is 1. The van der Waals surface area contributed by atoms with Gasteiger partial charge in [-0.05, 0) is 19.1 Å². The maximum atomic E-state index is 11.8. The van der Waals surface area contributed by atoms with Crippen molar-refractivity contribution in [2.24, 2.45) is 0 Å². The van der Waals surface area contributed by atoms with E-state index in [0.29, 0.717) is 34.6 Å². The summed E-state index contributed by atoms with van der Waals surface area (Å²) in [4.78, 5) is 20.9. The number of amides is 1. The molecule has 112 valence electrons. The Bertz CT molecular complexity index is 637. The van der Waals surface area contributed by atoms with E-state index in [9.17, 15) is 4.79 Å². The molecule has 2 aromatic rings. The highest BCUT2D eigenvalue weighted by molar-refractivity contribution is 6.37. The molecular formula is C13H14Cl2N4O2. The van der Waals surface area contributed by atoms with Gasteiger partial charge in [-0.3, -0.25) is 9.63 Å². The molecule has 0 aliphatic rings. The first-order chi connectivity index (χ1) is 10.1. The van der Waals surface area contributed by atoms with Crippen molar-refractivity contribution >= 4 is 29.1 Å². The molecule has 0 saturated carbocycles. The number of rotatable bonds is 5. The number of aromatic nitrogens is 3. The van der Waals surface area contributed by atoms with Gasteiger partial charge < -0.3 is 0 Å². The summed E-state index contributed by atoms with van der Waals surface area (Å²) in [5, 5.41) is 5.03. The molecule has 0 unspecified atom stereocenters. The van der Waals surface area contributed by atoms with E-state index in [0.717, 1.165) is 0 Å². The van der Waals surface area contributed by atoms with Gasteiger partial charge in [0.2, 0.25) is 5.82 Å². The fourth-order valence-corrected chi connectivity index (χ4v) is 2.28. The fraction of sp³-hybridized carbons (Fsp3) is 0.308. The van der Waals surface area contributed by atoms with Crippen LogP contribution in [0.1, 0.15) is 30.3 Å². The normalized spacial score (nSPS) is 10.7. The predicted molar refractivity (Wildman–Crippen MR) is 79.8 cm³/mol. The SMILES string of the molecule is CCONC(=O)c1nc(CC)n(-c2c(Cl)cccc2Cl)n1. The molecule has 2 rings (SSSR count). The highest BCUT2D eigenvalue weighted by Gasteiger charge is 2.19. The molecule has 0 radical (unpaired) electrons. The number of aryl methyl sites for hydroxylation is 1. The van der Waals surface area contributed by atoms with Gasteiger partial charge in [0.25, 0.3) is 0 Å². The zero-order chi connectivity index (χ0) is 15.4. The first-order valence-corrected chi connectivity index (χ1v) is 7.16. The van der Waals surface area contributed by atoms with Gasteiger partial charge in [-0.1, -0.05) is 36.2 Å². The van der Waals surface area contributed by atoms with Crippen LogP contribution in [0.3, 0.4) is 0 Å². The van der Waals surface area contributed by atoms with Crippen molar-refractivity contribution in [3.63, 3.8) is 0 Å². The molecule has 1 aromatic carbocycles. The van der Waals surface area contributed by atoms with E-state index in [2.05, 4.69) is 15.6 Å². The minimum atomic E-state index is -0.520. The molecular weight excluding hydrogens is 315 g/mol. The molecule has 0 fully saturated rings. The van der Waals surface area contributed by atoms with E-state index in [1.165, 1.54) is 4.68 Å². The van der Waals surface area contributed by atoms with Gasteiger partial charge in [-0.25, -0.2) is 15.1 Å². The largest absolute Gasteiger partial charge is 0.314 e. The van der Waals surface area contributed by atoms with E-state index in [-0.39, 0.29) is 5.82 Å². The predicted octanol–water partition coefficient (Wildman–Crippen LogP) is 2.82. The summed E-state index contributed by atoms with van der Waals surface area (Å²) in [6, 6.07) is 5.13. The van der Waals surface area contributed by atoms with E-state index in [1.807, 2.05) is 6.92 Å². The number of hydroxylamine groups is 1. The minimum absolute atomic E-state index is 0.00344. The molecule has 1 heterocycles. The van der Waals surface area contributed by atoms with Crippen LogP contribution in [0.25, 0.3) is 5.69 Å². The summed E-state index contributed by atoms with van der Waals surface area (Å²) in [5.41, 5.74) is 2.75. The standard InChI is InChI=1S/C13H14Cl2N4O2/c1-3-10-16-12(13(20)18-21-4-2)17-19(10)11-8(14)6-5-7-9(11)15/h5-7H,3-4H2,1-2H3,(H,18,20). The second-order valence-electron chi connectivity index (χ2n) is 4.05. The van der Waals surface area contributed by atoms with Crippen LogP contribution in [0.15, 0.2) is 18.2 Å². The zero-order valence-electron chi connectivity index (χ0n) is 11.6. The van der Waals surface area contributed by atoms with Gasteiger partial charge in [0.15, 0.2) is 0 Å². The lowest BCUT2D eigenvalue weighted by Gasteiger charge is -2.08. The smallest absolute Gasteiger partial charge is 0.274 e. The van der Waals surface area contributed by atoms with Crippen LogP contribution in [-0.4, -0.2) is 27.3 Å². The fourth-order valence-electron chi connectivity index (χ4n) is 1.72. The second-order valence-corrected chi connectivity index (χ2v) is 4.87. The molecule has 0 saturated heterocycles. The number of halogens is 2.